The standard InChI is InChI=1S/C28H38N4O7/c29-21(25(33)37-17-19-9-3-1-4-10-19)13-7-15-23(31)27(35)39-28(36)24(32)16-8-14-22(30)26(34)38-18-20-11-5-2-6-12-20/h1-6,9-12,21-24H,7-8,13-18,29-32H2. The summed E-state index contributed by atoms with van der Waals surface area (Å²) in [5.74, 6) is -2.95. The van der Waals surface area contributed by atoms with Crippen molar-refractivity contribution in [2.75, 3.05) is 0 Å². The van der Waals surface area contributed by atoms with Crippen molar-refractivity contribution in [3.63, 3.8) is 0 Å². The third-order valence-electron chi connectivity index (χ3n) is 5.92. The quantitative estimate of drug-likeness (QED) is 0.135. The van der Waals surface area contributed by atoms with Gasteiger partial charge in [0.25, 0.3) is 0 Å². The van der Waals surface area contributed by atoms with Crippen molar-refractivity contribution < 1.29 is 33.4 Å². The Morgan fingerprint density at radius 3 is 1.15 bits per heavy atom. The predicted molar refractivity (Wildman–Crippen MR) is 143 cm³/mol. The van der Waals surface area contributed by atoms with Crippen LogP contribution in [0.5, 0.6) is 0 Å². The molecule has 4 unspecified atom stereocenters. The van der Waals surface area contributed by atoms with Gasteiger partial charge in [-0.05, 0) is 49.7 Å². The lowest BCUT2D eigenvalue weighted by molar-refractivity contribution is -0.161. The number of hydrogen-bond acceptors (Lipinski definition) is 11. The first kappa shape index (κ1) is 31.6. The van der Waals surface area contributed by atoms with Gasteiger partial charge in [0.1, 0.15) is 37.4 Å². The molecule has 2 rings (SSSR count). The second kappa shape index (κ2) is 17.0. The second-order valence-electron chi connectivity index (χ2n) is 9.21. The van der Waals surface area contributed by atoms with E-state index in [1.54, 1.807) is 0 Å². The minimum atomic E-state index is -1.08. The molecule has 0 saturated heterocycles. The highest BCUT2D eigenvalue weighted by Gasteiger charge is 2.24. The summed E-state index contributed by atoms with van der Waals surface area (Å²) < 4.78 is 15.2. The van der Waals surface area contributed by atoms with E-state index in [9.17, 15) is 19.2 Å². The summed E-state index contributed by atoms with van der Waals surface area (Å²) >= 11 is 0. The van der Waals surface area contributed by atoms with E-state index < -0.39 is 48.0 Å². The molecule has 4 atom stereocenters. The van der Waals surface area contributed by atoms with Crippen LogP contribution in [-0.4, -0.2) is 48.0 Å². The lowest BCUT2D eigenvalue weighted by atomic mass is 10.1. The summed E-state index contributed by atoms with van der Waals surface area (Å²) in [5, 5.41) is 0. The third kappa shape index (κ3) is 12.2. The summed E-state index contributed by atoms with van der Waals surface area (Å²) in [7, 11) is 0. The van der Waals surface area contributed by atoms with Gasteiger partial charge in [0.15, 0.2) is 0 Å². The van der Waals surface area contributed by atoms with Gasteiger partial charge in [-0.3, -0.25) is 9.59 Å². The topological polar surface area (TPSA) is 200 Å². The lowest BCUT2D eigenvalue weighted by Gasteiger charge is -2.15. The van der Waals surface area contributed by atoms with E-state index in [1.165, 1.54) is 0 Å². The number of ether oxygens (including phenoxy) is 3. The summed E-state index contributed by atoms with van der Waals surface area (Å²) in [4.78, 5) is 48.4. The first-order valence-electron chi connectivity index (χ1n) is 12.9. The molecule has 8 N–H and O–H groups in total. The Morgan fingerprint density at radius 1 is 0.513 bits per heavy atom. The SMILES string of the molecule is NC(CCCC(N)C(=O)OC(=O)C(N)CCCC(N)C(=O)OCc1ccccc1)C(=O)OCc1ccccc1. The van der Waals surface area contributed by atoms with Crippen LogP contribution >= 0.6 is 0 Å². The Hall–Kier alpha value is -3.64. The Bertz CT molecular complexity index is 969. The fraction of sp³-hybridized carbons (Fsp3) is 0.429. The summed E-state index contributed by atoms with van der Waals surface area (Å²) in [6.07, 6.45) is 1.49. The average molecular weight is 543 g/mol. The van der Waals surface area contributed by atoms with Gasteiger partial charge in [0.05, 0.1) is 0 Å². The maximum Gasteiger partial charge on any atom is 0.330 e. The number of hydrogen-bond donors (Lipinski definition) is 4. The summed E-state index contributed by atoms with van der Waals surface area (Å²) in [6, 6.07) is 14.5. The van der Waals surface area contributed by atoms with Gasteiger partial charge < -0.3 is 37.1 Å². The number of carbonyl (C=O) groups excluding carboxylic acids is 4. The molecule has 0 heterocycles. The predicted octanol–water partition coefficient (Wildman–Crippen LogP) is 1.19. The van der Waals surface area contributed by atoms with Crippen molar-refractivity contribution >= 4 is 23.9 Å². The van der Waals surface area contributed by atoms with Crippen molar-refractivity contribution in [2.24, 2.45) is 22.9 Å². The molecular formula is C28H38N4O7. The number of rotatable bonds is 16. The van der Waals surface area contributed by atoms with Crippen molar-refractivity contribution in [1.29, 1.82) is 0 Å². The average Bonchev–Trinajstić information content (AvgIpc) is 2.95. The van der Waals surface area contributed by atoms with Gasteiger partial charge in [0.2, 0.25) is 0 Å². The van der Waals surface area contributed by atoms with Gasteiger partial charge in [0, 0.05) is 0 Å². The lowest BCUT2D eigenvalue weighted by Crippen LogP contribution is -2.40. The summed E-state index contributed by atoms with van der Waals surface area (Å²) in [6.45, 7) is 0.234. The van der Waals surface area contributed by atoms with Gasteiger partial charge in [-0.2, -0.15) is 0 Å². The van der Waals surface area contributed by atoms with Crippen LogP contribution in [0.15, 0.2) is 60.7 Å². The second-order valence-corrected chi connectivity index (χ2v) is 9.21. The Labute approximate surface area is 228 Å². The highest BCUT2D eigenvalue weighted by Crippen LogP contribution is 2.09. The maximum atomic E-state index is 12.2. The van der Waals surface area contributed by atoms with Crippen LogP contribution in [0.25, 0.3) is 0 Å². The van der Waals surface area contributed by atoms with Crippen LogP contribution in [0.3, 0.4) is 0 Å². The first-order valence-corrected chi connectivity index (χ1v) is 12.9. The van der Waals surface area contributed by atoms with Crippen molar-refractivity contribution in [3.05, 3.63) is 71.8 Å². The van der Waals surface area contributed by atoms with Gasteiger partial charge >= 0.3 is 23.9 Å². The third-order valence-corrected chi connectivity index (χ3v) is 5.92. The highest BCUT2D eigenvalue weighted by molar-refractivity contribution is 5.90. The van der Waals surface area contributed by atoms with Gasteiger partial charge in [-0.1, -0.05) is 60.7 Å². The molecule has 39 heavy (non-hydrogen) atoms. The monoisotopic (exact) mass is 542 g/mol. The van der Waals surface area contributed by atoms with Gasteiger partial charge in [-0.25, -0.2) is 9.59 Å². The van der Waals surface area contributed by atoms with E-state index in [4.69, 9.17) is 37.1 Å². The van der Waals surface area contributed by atoms with E-state index in [0.717, 1.165) is 11.1 Å². The fourth-order valence-corrected chi connectivity index (χ4v) is 3.51. The molecule has 0 saturated carbocycles. The molecule has 11 nitrogen and oxygen atoms in total. The molecule has 0 aromatic heterocycles. The van der Waals surface area contributed by atoms with Crippen molar-refractivity contribution in [3.8, 4) is 0 Å². The molecule has 0 bridgehead atoms. The van der Waals surface area contributed by atoms with Crippen LogP contribution in [0.2, 0.25) is 0 Å². The van der Waals surface area contributed by atoms with Crippen molar-refractivity contribution in [1.82, 2.24) is 0 Å². The van der Waals surface area contributed by atoms with Crippen LogP contribution in [0.1, 0.15) is 49.7 Å². The first-order chi connectivity index (χ1) is 18.7. The van der Waals surface area contributed by atoms with E-state index in [0.29, 0.717) is 12.8 Å². The number of esters is 4. The molecule has 0 spiro atoms. The molecule has 0 fully saturated rings. The van der Waals surface area contributed by atoms with Crippen LogP contribution < -0.4 is 22.9 Å². The van der Waals surface area contributed by atoms with Crippen molar-refractivity contribution in [2.45, 2.75) is 75.9 Å². The minimum Gasteiger partial charge on any atom is -0.460 e. The van der Waals surface area contributed by atoms with E-state index in [1.807, 2.05) is 60.7 Å². The zero-order valence-corrected chi connectivity index (χ0v) is 21.9. The van der Waals surface area contributed by atoms with Gasteiger partial charge in [-0.15, -0.1) is 0 Å². The van der Waals surface area contributed by atoms with Crippen LogP contribution in [0, 0.1) is 0 Å². The molecule has 0 amide bonds. The maximum absolute atomic E-state index is 12.2. The zero-order chi connectivity index (χ0) is 28.6. The molecule has 2 aromatic carbocycles. The molecule has 2 aromatic rings. The summed E-state index contributed by atoms with van der Waals surface area (Å²) in [5.41, 5.74) is 25.0. The Balaban J connectivity index is 1.59. The molecule has 11 heteroatoms. The number of nitrogens with two attached hydrogens (primary N) is 4. The molecule has 0 aliphatic carbocycles. The normalized spacial score (nSPS) is 13.9. The molecular weight excluding hydrogens is 504 g/mol. The van der Waals surface area contributed by atoms with E-state index in [-0.39, 0.29) is 38.9 Å². The van der Waals surface area contributed by atoms with E-state index >= 15 is 0 Å². The van der Waals surface area contributed by atoms with Crippen LogP contribution in [0.4, 0.5) is 0 Å². The molecule has 0 aliphatic rings. The van der Waals surface area contributed by atoms with E-state index in [2.05, 4.69) is 0 Å². The zero-order valence-electron chi connectivity index (χ0n) is 21.9. The Kier molecular flexibility index (Phi) is 13.8. The highest BCUT2D eigenvalue weighted by atomic mass is 16.6. The fourth-order valence-electron chi connectivity index (χ4n) is 3.51. The largest absolute Gasteiger partial charge is 0.460 e. The molecule has 0 radical (unpaired) electrons. The molecule has 0 aliphatic heterocycles. The Morgan fingerprint density at radius 2 is 0.821 bits per heavy atom. The minimum absolute atomic E-state index is 0.117. The molecule has 212 valence electrons. The number of carbonyl (C=O) groups is 4. The van der Waals surface area contributed by atoms with Crippen LogP contribution in [-0.2, 0) is 46.6 Å². The number of benzene rings is 2. The smallest absolute Gasteiger partial charge is 0.330 e.